The number of ether oxygens (including phenoxy) is 2. The van der Waals surface area contributed by atoms with Crippen LogP contribution in [0.3, 0.4) is 0 Å². The van der Waals surface area contributed by atoms with Crippen molar-refractivity contribution in [2.24, 2.45) is 0 Å². The number of aliphatic hydroxyl groups excluding tert-OH is 1. The van der Waals surface area contributed by atoms with Crippen molar-refractivity contribution in [1.29, 1.82) is 0 Å². The number of aliphatic hydroxyl groups is 1. The first-order valence-electron chi connectivity index (χ1n) is 7.42. The van der Waals surface area contributed by atoms with Crippen molar-refractivity contribution in [3.63, 3.8) is 0 Å². The van der Waals surface area contributed by atoms with Gasteiger partial charge < -0.3 is 19.9 Å². The number of rotatable bonds is 7. The van der Waals surface area contributed by atoms with Gasteiger partial charge in [-0.25, -0.2) is 0 Å². The molecule has 0 saturated heterocycles. The van der Waals surface area contributed by atoms with Crippen molar-refractivity contribution >= 4 is 0 Å². The molecule has 1 atom stereocenters. The summed E-state index contributed by atoms with van der Waals surface area (Å²) in [5, 5.41) is 12.5. The van der Waals surface area contributed by atoms with Crippen LogP contribution in [0.15, 0.2) is 18.2 Å². The summed E-state index contributed by atoms with van der Waals surface area (Å²) >= 11 is 0. The molecule has 20 heavy (non-hydrogen) atoms. The number of methoxy groups -OCH3 is 1. The first kappa shape index (κ1) is 15.1. The lowest BCUT2D eigenvalue weighted by atomic mass is 10.1. The fourth-order valence-electron chi connectivity index (χ4n) is 2.77. The maximum Gasteiger partial charge on any atom is 0.161 e. The van der Waals surface area contributed by atoms with Gasteiger partial charge in [-0.1, -0.05) is 18.9 Å². The Labute approximate surface area is 121 Å². The van der Waals surface area contributed by atoms with E-state index < -0.39 is 0 Å². The average Bonchev–Trinajstić information content (AvgIpc) is 2.97. The lowest BCUT2D eigenvalue weighted by Crippen LogP contribution is -2.28. The maximum atomic E-state index is 8.82. The molecule has 0 heterocycles. The van der Waals surface area contributed by atoms with Crippen molar-refractivity contribution in [3.05, 3.63) is 23.8 Å². The Balaban J connectivity index is 2.03. The van der Waals surface area contributed by atoms with Crippen molar-refractivity contribution in [2.45, 2.75) is 44.7 Å². The van der Waals surface area contributed by atoms with Crippen LogP contribution in [-0.4, -0.2) is 31.5 Å². The summed E-state index contributed by atoms with van der Waals surface area (Å²) in [5.74, 6) is 1.40. The quantitative estimate of drug-likeness (QED) is 0.805. The highest BCUT2D eigenvalue weighted by Gasteiger charge is 2.18. The average molecular weight is 279 g/mol. The minimum Gasteiger partial charge on any atom is -0.493 e. The summed E-state index contributed by atoms with van der Waals surface area (Å²) in [7, 11) is 1.64. The van der Waals surface area contributed by atoms with E-state index in [1.54, 1.807) is 7.11 Å². The molecule has 112 valence electrons. The normalized spacial score (nSPS) is 17.1. The molecule has 1 unspecified atom stereocenters. The third-order valence-electron chi connectivity index (χ3n) is 3.88. The van der Waals surface area contributed by atoms with Crippen molar-refractivity contribution in [3.8, 4) is 11.5 Å². The number of benzene rings is 1. The van der Waals surface area contributed by atoms with E-state index in [-0.39, 0.29) is 13.2 Å². The van der Waals surface area contributed by atoms with Gasteiger partial charge in [-0.05, 0) is 37.5 Å². The second-order valence-corrected chi connectivity index (χ2v) is 5.35. The third kappa shape index (κ3) is 3.87. The predicted octanol–water partition coefficient (Wildman–Crippen LogP) is 2.66. The van der Waals surface area contributed by atoms with E-state index in [2.05, 4.69) is 18.3 Å². The topological polar surface area (TPSA) is 50.7 Å². The summed E-state index contributed by atoms with van der Waals surface area (Å²) < 4.78 is 10.8. The Kier molecular flexibility index (Phi) is 5.68. The monoisotopic (exact) mass is 279 g/mol. The zero-order valence-corrected chi connectivity index (χ0v) is 12.4. The van der Waals surface area contributed by atoms with E-state index in [1.165, 1.54) is 31.2 Å². The molecule has 0 amide bonds. The highest BCUT2D eigenvalue weighted by Crippen LogP contribution is 2.31. The number of nitrogens with one attached hydrogen (secondary N) is 1. The molecule has 2 N–H and O–H groups in total. The lowest BCUT2D eigenvalue weighted by molar-refractivity contribution is 0.196. The van der Waals surface area contributed by atoms with E-state index >= 15 is 0 Å². The molecule has 1 saturated carbocycles. The zero-order chi connectivity index (χ0) is 14.4. The van der Waals surface area contributed by atoms with Crippen molar-refractivity contribution < 1.29 is 14.6 Å². The standard InChI is InChI=1S/C16H25NO3/c1-12(17-14-5-3-4-6-14)13-7-8-15(20-10-9-18)16(11-13)19-2/h7-8,11-12,14,17-18H,3-6,9-10H2,1-2H3. The summed E-state index contributed by atoms with van der Waals surface area (Å²) in [6.45, 7) is 2.47. The fraction of sp³-hybridized carbons (Fsp3) is 0.625. The number of hydrogen-bond acceptors (Lipinski definition) is 4. The predicted molar refractivity (Wildman–Crippen MR) is 79.4 cm³/mol. The molecule has 1 aliphatic rings. The largest absolute Gasteiger partial charge is 0.493 e. The Morgan fingerprint density at radius 3 is 2.70 bits per heavy atom. The van der Waals surface area contributed by atoms with Gasteiger partial charge in [-0.15, -0.1) is 0 Å². The van der Waals surface area contributed by atoms with Crippen LogP contribution in [0.4, 0.5) is 0 Å². The molecule has 0 aromatic heterocycles. The smallest absolute Gasteiger partial charge is 0.161 e. The molecule has 1 aromatic rings. The third-order valence-corrected chi connectivity index (χ3v) is 3.88. The van der Waals surface area contributed by atoms with Crippen LogP contribution in [0.25, 0.3) is 0 Å². The Morgan fingerprint density at radius 2 is 2.05 bits per heavy atom. The minimum atomic E-state index is 0.00451. The van der Waals surface area contributed by atoms with E-state index in [0.29, 0.717) is 17.8 Å². The second kappa shape index (κ2) is 7.50. The van der Waals surface area contributed by atoms with Crippen LogP contribution in [0, 0.1) is 0 Å². The molecule has 1 aromatic carbocycles. The van der Waals surface area contributed by atoms with E-state index in [4.69, 9.17) is 14.6 Å². The molecule has 0 aliphatic heterocycles. The van der Waals surface area contributed by atoms with Gasteiger partial charge >= 0.3 is 0 Å². The Morgan fingerprint density at radius 1 is 1.30 bits per heavy atom. The van der Waals surface area contributed by atoms with Gasteiger partial charge in [0.15, 0.2) is 11.5 Å². The van der Waals surface area contributed by atoms with Crippen LogP contribution in [0.1, 0.15) is 44.2 Å². The van der Waals surface area contributed by atoms with Gasteiger partial charge in [-0.3, -0.25) is 0 Å². The van der Waals surface area contributed by atoms with Gasteiger partial charge in [0.2, 0.25) is 0 Å². The molecule has 0 spiro atoms. The van der Waals surface area contributed by atoms with Crippen LogP contribution < -0.4 is 14.8 Å². The van der Waals surface area contributed by atoms with Crippen molar-refractivity contribution in [2.75, 3.05) is 20.3 Å². The highest BCUT2D eigenvalue weighted by molar-refractivity contribution is 5.43. The van der Waals surface area contributed by atoms with E-state index in [1.807, 2.05) is 12.1 Å². The molecule has 4 heteroatoms. The van der Waals surface area contributed by atoms with Gasteiger partial charge in [0.25, 0.3) is 0 Å². The van der Waals surface area contributed by atoms with Crippen LogP contribution in [-0.2, 0) is 0 Å². The van der Waals surface area contributed by atoms with Gasteiger partial charge in [0.05, 0.1) is 13.7 Å². The minimum absolute atomic E-state index is 0.00451. The molecule has 4 nitrogen and oxygen atoms in total. The van der Waals surface area contributed by atoms with Gasteiger partial charge in [-0.2, -0.15) is 0 Å². The van der Waals surface area contributed by atoms with Crippen LogP contribution in [0.2, 0.25) is 0 Å². The maximum absolute atomic E-state index is 8.82. The molecule has 1 fully saturated rings. The Hall–Kier alpha value is -1.26. The fourth-order valence-corrected chi connectivity index (χ4v) is 2.77. The molecule has 0 bridgehead atoms. The summed E-state index contributed by atoms with van der Waals surface area (Å²) in [6.07, 6.45) is 5.22. The van der Waals surface area contributed by atoms with E-state index in [0.717, 1.165) is 5.75 Å². The van der Waals surface area contributed by atoms with Crippen LogP contribution in [0.5, 0.6) is 11.5 Å². The lowest BCUT2D eigenvalue weighted by Gasteiger charge is -2.20. The molecule has 0 radical (unpaired) electrons. The molecule has 2 rings (SSSR count). The number of hydrogen-bond donors (Lipinski definition) is 2. The van der Waals surface area contributed by atoms with E-state index in [9.17, 15) is 0 Å². The molecular formula is C16H25NO3. The molecular weight excluding hydrogens is 254 g/mol. The first-order valence-corrected chi connectivity index (χ1v) is 7.42. The highest BCUT2D eigenvalue weighted by atomic mass is 16.5. The molecule has 1 aliphatic carbocycles. The summed E-state index contributed by atoms with van der Waals surface area (Å²) in [6, 6.07) is 6.93. The SMILES string of the molecule is COc1cc(C(C)NC2CCCC2)ccc1OCCO. The summed E-state index contributed by atoms with van der Waals surface area (Å²) in [5.41, 5.74) is 1.20. The second-order valence-electron chi connectivity index (χ2n) is 5.35. The first-order chi connectivity index (χ1) is 9.74. The van der Waals surface area contributed by atoms with Gasteiger partial charge in [0, 0.05) is 12.1 Å². The van der Waals surface area contributed by atoms with Crippen molar-refractivity contribution in [1.82, 2.24) is 5.32 Å². The van der Waals surface area contributed by atoms with Gasteiger partial charge in [0.1, 0.15) is 6.61 Å². The zero-order valence-electron chi connectivity index (χ0n) is 12.4. The Bertz CT molecular complexity index is 416. The summed E-state index contributed by atoms with van der Waals surface area (Å²) in [4.78, 5) is 0. The van der Waals surface area contributed by atoms with Crippen LogP contribution >= 0.6 is 0 Å².